The minimum atomic E-state index is -1.05. The fourth-order valence-electron chi connectivity index (χ4n) is 7.45. The lowest BCUT2D eigenvalue weighted by molar-refractivity contribution is -0.605. The molecule has 0 unspecified atom stereocenters. The number of benzene rings is 3. The summed E-state index contributed by atoms with van der Waals surface area (Å²) < 4.78 is 0.540. The van der Waals surface area contributed by atoms with Crippen LogP contribution in [0.15, 0.2) is 36.4 Å². The zero-order valence-corrected chi connectivity index (χ0v) is 35.3. The molecule has 336 valence electrons. The van der Waals surface area contributed by atoms with Gasteiger partial charge in [0.2, 0.25) is 12.6 Å². The molecular formula is C43H63N6O12+. The Morgan fingerprint density at radius 2 is 0.885 bits per heavy atom. The molecule has 4 rings (SSSR count). The van der Waals surface area contributed by atoms with E-state index >= 15 is 0 Å². The number of aryl methyl sites for hydroxylation is 3. The molecule has 0 aliphatic carbocycles. The predicted octanol–water partition coefficient (Wildman–Crippen LogP) is -0.263. The van der Waals surface area contributed by atoms with Crippen molar-refractivity contribution in [3.05, 3.63) is 91.4 Å². The quantitative estimate of drug-likeness (QED) is 0.0694. The lowest BCUT2D eigenvalue weighted by atomic mass is 10.0. The molecule has 0 bridgehead atoms. The smallest absolute Gasteiger partial charge is 0.255 e. The predicted molar refractivity (Wildman–Crippen MR) is 225 cm³/mol. The molecule has 18 heteroatoms. The second-order valence-corrected chi connectivity index (χ2v) is 15.9. The molecule has 11 N–H and O–H groups in total. The van der Waals surface area contributed by atoms with Crippen molar-refractivity contribution in [2.45, 2.75) is 71.5 Å². The van der Waals surface area contributed by atoms with Crippen molar-refractivity contribution in [3.63, 3.8) is 0 Å². The average Bonchev–Trinajstić information content (AvgIpc) is 3.23. The van der Waals surface area contributed by atoms with Gasteiger partial charge in [-0.15, -0.1) is 0 Å². The lowest BCUT2D eigenvalue weighted by Gasteiger charge is -2.33. The first-order valence-corrected chi connectivity index (χ1v) is 20.5. The number of hydrogen-bond donors (Lipinski definition) is 11. The van der Waals surface area contributed by atoms with Crippen LogP contribution in [-0.2, 0) is 26.2 Å². The van der Waals surface area contributed by atoms with Gasteiger partial charge in [0.15, 0.2) is 0 Å². The molecule has 1 fully saturated rings. The molecule has 3 aromatic carbocycles. The Hall–Kier alpha value is -4.76. The second-order valence-electron chi connectivity index (χ2n) is 15.9. The summed E-state index contributed by atoms with van der Waals surface area (Å²) in [6, 6.07) is 7.35. The highest BCUT2D eigenvalue weighted by atomic mass is 16.3. The third-order valence-electron chi connectivity index (χ3n) is 10.9. The zero-order chi connectivity index (χ0) is 44.8. The highest BCUT2D eigenvalue weighted by Crippen LogP contribution is 2.30. The van der Waals surface area contributed by atoms with Crippen molar-refractivity contribution in [3.8, 4) is 17.2 Å². The number of phenols is 3. The third kappa shape index (κ3) is 13.6. The highest BCUT2D eigenvalue weighted by Gasteiger charge is 2.27. The molecule has 0 spiro atoms. The van der Waals surface area contributed by atoms with Gasteiger partial charge < -0.3 is 56.6 Å². The fraction of sp³-hybridized carbons (Fsp3) is 0.535. The van der Waals surface area contributed by atoms with E-state index in [9.17, 15) is 60.5 Å². The van der Waals surface area contributed by atoms with Gasteiger partial charge >= 0.3 is 0 Å². The van der Waals surface area contributed by atoms with E-state index in [1.807, 2.05) is 13.0 Å². The van der Waals surface area contributed by atoms with Crippen molar-refractivity contribution >= 4 is 11.8 Å². The summed E-state index contributed by atoms with van der Waals surface area (Å²) in [7, 11) is 0. The molecule has 18 nitrogen and oxygen atoms in total. The molecule has 1 aliphatic heterocycles. The first-order valence-electron chi connectivity index (χ1n) is 20.5. The Bertz CT molecular complexity index is 1860. The van der Waals surface area contributed by atoms with Crippen molar-refractivity contribution in [1.29, 1.82) is 0 Å². The monoisotopic (exact) mass is 855 g/mol. The van der Waals surface area contributed by atoms with Crippen molar-refractivity contribution in [1.82, 2.24) is 25.3 Å². The van der Waals surface area contributed by atoms with Gasteiger partial charge in [0.05, 0.1) is 55.2 Å². The standard InChI is InChI=1S/C43H62N6O12/c1-27-11-30(39(56)33(12-27)20-49(61)36(25-54)26-55)17-48-9-7-46(18-31-13-28(2)15-37(40(31)57)42(59)44-34(21-50)22-51)5-4-6-47(8-10-48)19-32-14-29(3)16-38(41(32)58)43(60)45-35(23-52)24-53/h11-16,34-36,50-55H,4-10,17-26H2,1-3H3,(H4-,44,45,56,57,58,59,60)/p+1. The highest BCUT2D eigenvalue weighted by molar-refractivity contribution is 5.98. The topological polar surface area (TPSA) is 270 Å². The SMILES string of the molecule is Cc1cc(CN2CCN(Cc3cc(C)cc(C(=O)NC(CO)CO)c3O)CCCN(Cc3cc(C)cc(C(=O)NC(CO)CO)c3O)CC2)c(O)c(C[N+](=O)C(CO)CO)c1. The Morgan fingerprint density at radius 3 is 1.26 bits per heavy atom. The van der Waals surface area contributed by atoms with Gasteiger partial charge in [-0.1, -0.05) is 23.8 Å². The molecule has 1 aliphatic rings. The minimum Gasteiger partial charge on any atom is -0.507 e. The van der Waals surface area contributed by atoms with Gasteiger partial charge in [-0.3, -0.25) is 24.3 Å². The number of phenolic OH excluding ortho intramolecular Hbond substituents is 3. The maximum absolute atomic E-state index is 13.1. The van der Waals surface area contributed by atoms with Crippen LogP contribution in [0.5, 0.6) is 17.2 Å². The van der Waals surface area contributed by atoms with Crippen LogP contribution in [0.3, 0.4) is 0 Å². The molecular weight excluding hydrogens is 793 g/mol. The summed E-state index contributed by atoms with van der Waals surface area (Å²) in [6.45, 7) is 6.12. The summed E-state index contributed by atoms with van der Waals surface area (Å²) in [5.41, 5.74) is 4.17. The summed E-state index contributed by atoms with van der Waals surface area (Å²) in [5, 5.41) is 96.4. The number of amides is 2. The number of carbonyl (C=O) groups is 2. The van der Waals surface area contributed by atoms with E-state index < -0.39 is 69.6 Å². The Morgan fingerprint density at radius 1 is 0.541 bits per heavy atom. The molecule has 0 atom stereocenters. The number of carbonyl (C=O) groups excluding carboxylic acids is 2. The molecule has 61 heavy (non-hydrogen) atoms. The minimum absolute atomic E-state index is 0.0108. The molecule has 0 radical (unpaired) electrons. The van der Waals surface area contributed by atoms with Crippen molar-refractivity contribution in [2.75, 3.05) is 78.9 Å². The second kappa shape index (κ2) is 23.5. The van der Waals surface area contributed by atoms with Crippen LogP contribution in [-0.4, -0.2) is 174 Å². The summed E-state index contributed by atoms with van der Waals surface area (Å²) in [6.07, 6.45) is 0.666. The van der Waals surface area contributed by atoms with Crippen LogP contribution < -0.4 is 10.6 Å². The number of hydrogen-bond acceptors (Lipinski definition) is 15. The number of nitroso groups, excluding NO2 is 1. The van der Waals surface area contributed by atoms with Gasteiger partial charge in [0.25, 0.3) is 11.8 Å². The first kappa shape index (κ1) is 48.9. The summed E-state index contributed by atoms with van der Waals surface area (Å²) in [4.78, 5) is 45.4. The summed E-state index contributed by atoms with van der Waals surface area (Å²) >= 11 is 0. The van der Waals surface area contributed by atoms with Gasteiger partial charge in [0.1, 0.15) is 30.5 Å². The third-order valence-corrected chi connectivity index (χ3v) is 10.9. The maximum Gasteiger partial charge on any atom is 0.255 e. The number of nitrogens with zero attached hydrogens (tertiary/aromatic N) is 4. The number of aromatic hydroxyl groups is 3. The van der Waals surface area contributed by atoms with Crippen LogP contribution >= 0.6 is 0 Å². The van der Waals surface area contributed by atoms with E-state index in [1.165, 1.54) is 12.1 Å². The Balaban J connectivity index is 1.66. The van der Waals surface area contributed by atoms with Crippen molar-refractivity contribution in [2.24, 2.45) is 0 Å². The largest absolute Gasteiger partial charge is 0.507 e. The number of nitrogens with one attached hydrogen (secondary N) is 2. The molecule has 0 saturated carbocycles. The normalized spacial score (nSPS) is 14.8. The van der Waals surface area contributed by atoms with Crippen LogP contribution in [0.2, 0.25) is 0 Å². The zero-order valence-electron chi connectivity index (χ0n) is 35.3. The maximum atomic E-state index is 13.1. The van der Waals surface area contributed by atoms with E-state index in [4.69, 9.17) is 0 Å². The first-order chi connectivity index (χ1) is 29.1. The molecule has 3 aromatic rings. The number of rotatable bonds is 19. The van der Waals surface area contributed by atoms with Gasteiger partial charge in [0, 0.05) is 72.2 Å². The Labute approximate surface area is 355 Å². The van der Waals surface area contributed by atoms with E-state index in [2.05, 4.69) is 25.3 Å². The summed E-state index contributed by atoms with van der Waals surface area (Å²) in [5.74, 6) is -1.79. The lowest BCUT2D eigenvalue weighted by Crippen LogP contribution is -2.42. The molecule has 1 heterocycles. The number of aliphatic hydroxyl groups excluding tert-OH is 6. The van der Waals surface area contributed by atoms with Crippen molar-refractivity contribution < 1.29 is 60.3 Å². The van der Waals surface area contributed by atoms with E-state index in [-0.39, 0.29) is 54.6 Å². The molecule has 0 aromatic heterocycles. The van der Waals surface area contributed by atoms with Gasteiger partial charge in [-0.2, -0.15) is 0 Å². The van der Waals surface area contributed by atoms with Crippen LogP contribution in [0, 0.1) is 25.7 Å². The van der Waals surface area contributed by atoms with E-state index in [0.717, 1.165) is 16.7 Å². The molecule has 1 saturated heterocycles. The van der Waals surface area contributed by atoms with E-state index in [1.54, 1.807) is 32.0 Å². The molecule has 2 amide bonds. The fourth-order valence-corrected chi connectivity index (χ4v) is 7.45. The van der Waals surface area contributed by atoms with E-state index in [0.29, 0.717) is 72.7 Å². The average molecular weight is 856 g/mol. The van der Waals surface area contributed by atoms with Crippen LogP contribution in [0.4, 0.5) is 0 Å². The van der Waals surface area contributed by atoms with Gasteiger partial charge in [-0.05, 0) is 69.6 Å². The van der Waals surface area contributed by atoms with Crippen LogP contribution in [0.1, 0.15) is 66.1 Å². The number of aliphatic hydroxyl groups is 6. The van der Waals surface area contributed by atoms with Crippen LogP contribution in [0.25, 0.3) is 0 Å². The Kier molecular flexibility index (Phi) is 18.8. The van der Waals surface area contributed by atoms with Gasteiger partial charge in [-0.25, -0.2) is 0 Å².